The lowest BCUT2D eigenvalue weighted by Crippen LogP contribution is -2.57. The van der Waals surface area contributed by atoms with Crippen molar-refractivity contribution < 1.29 is 13.2 Å². The smallest absolute Gasteiger partial charge is 0.243 e. The summed E-state index contributed by atoms with van der Waals surface area (Å²) in [6.45, 7) is 7.18. The number of likely N-dealkylation sites (N-methyl/N-ethyl adjacent to an activating group) is 1. The maximum absolute atomic E-state index is 12.5. The lowest BCUT2D eigenvalue weighted by Gasteiger charge is -2.34. The van der Waals surface area contributed by atoms with Gasteiger partial charge in [-0.3, -0.25) is 0 Å². The third kappa shape index (κ3) is 2.97. The number of sulfonamides is 1. The van der Waals surface area contributed by atoms with Crippen molar-refractivity contribution in [2.75, 3.05) is 20.1 Å². The predicted molar refractivity (Wildman–Crippen MR) is 78.5 cm³/mol. The molecule has 2 rings (SSSR count). The summed E-state index contributed by atoms with van der Waals surface area (Å²) in [6.07, 6.45) is 0.0693. The first-order chi connectivity index (χ1) is 9.32. The number of rotatable bonds is 5. The average molecular weight is 298 g/mol. The summed E-state index contributed by atoms with van der Waals surface area (Å²) in [5.41, 5.74) is 0.833. The second-order valence-electron chi connectivity index (χ2n) is 5.43. The molecule has 1 saturated heterocycles. The lowest BCUT2D eigenvalue weighted by molar-refractivity contribution is 0.240. The van der Waals surface area contributed by atoms with Crippen molar-refractivity contribution in [3.63, 3.8) is 0 Å². The molecule has 5 nitrogen and oxygen atoms in total. The SMILES string of the molecule is Cc1cc(S(=O)(=O)N(C)C2CNC2)ccc1OC(C)C. The molecule has 1 N–H and O–H groups in total. The Kier molecular flexibility index (Phi) is 4.36. The van der Waals surface area contributed by atoms with E-state index in [1.165, 1.54) is 4.31 Å². The lowest BCUT2D eigenvalue weighted by atomic mass is 10.2. The molecule has 1 fully saturated rings. The fourth-order valence-corrected chi connectivity index (χ4v) is 3.50. The quantitative estimate of drug-likeness (QED) is 0.892. The van der Waals surface area contributed by atoms with E-state index in [1.807, 2.05) is 20.8 Å². The van der Waals surface area contributed by atoms with Crippen molar-refractivity contribution in [2.24, 2.45) is 0 Å². The Labute approximate surface area is 121 Å². The van der Waals surface area contributed by atoms with Crippen LogP contribution >= 0.6 is 0 Å². The van der Waals surface area contributed by atoms with E-state index in [1.54, 1.807) is 25.2 Å². The standard InChI is InChI=1S/C14H22N2O3S/c1-10(2)19-14-6-5-13(7-11(14)3)20(17,18)16(4)12-8-15-9-12/h5-7,10,12,15H,8-9H2,1-4H3. The molecule has 0 radical (unpaired) electrons. The van der Waals surface area contributed by atoms with Crippen LogP contribution in [-0.2, 0) is 10.0 Å². The van der Waals surface area contributed by atoms with Crippen molar-refractivity contribution in [1.29, 1.82) is 0 Å². The van der Waals surface area contributed by atoms with Gasteiger partial charge in [0.2, 0.25) is 10.0 Å². The summed E-state index contributed by atoms with van der Waals surface area (Å²) in [6, 6.07) is 5.07. The highest BCUT2D eigenvalue weighted by Crippen LogP contribution is 2.25. The Bertz CT molecular complexity index is 580. The molecule has 0 unspecified atom stereocenters. The number of nitrogens with zero attached hydrogens (tertiary/aromatic N) is 1. The molecule has 1 aromatic carbocycles. The van der Waals surface area contributed by atoms with Gasteiger partial charge in [-0.1, -0.05) is 0 Å². The molecule has 0 bridgehead atoms. The van der Waals surface area contributed by atoms with Crippen molar-refractivity contribution in [1.82, 2.24) is 9.62 Å². The van der Waals surface area contributed by atoms with E-state index < -0.39 is 10.0 Å². The molecule has 1 heterocycles. The molecule has 1 aromatic rings. The van der Waals surface area contributed by atoms with Gasteiger partial charge in [0, 0.05) is 26.2 Å². The number of nitrogens with one attached hydrogen (secondary N) is 1. The van der Waals surface area contributed by atoms with Gasteiger partial charge < -0.3 is 10.1 Å². The van der Waals surface area contributed by atoms with Crippen LogP contribution in [0.25, 0.3) is 0 Å². The van der Waals surface area contributed by atoms with Gasteiger partial charge in [-0.2, -0.15) is 4.31 Å². The highest BCUT2D eigenvalue weighted by Gasteiger charge is 2.31. The van der Waals surface area contributed by atoms with Crippen LogP contribution in [0.5, 0.6) is 5.75 Å². The summed E-state index contributed by atoms with van der Waals surface area (Å²) < 4.78 is 32.1. The van der Waals surface area contributed by atoms with Crippen molar-refractivity contribution in [2.45, 2.75) is 37.8 Å². The molecular formula is C14H22N2O3S. The predicted octanol–water partition coefficient (Wildman–Crippen LogP) is 1.37. The minimum absolute atomic E-state index is 0.0481. The number of ether oxygens (including phenoxy) is 1. The molecule has 0 aromatic heterocycles. The molecule has 0 aliphatic carbocycles. The molecular weight excluding hydrogens is 276 g/mol. The van der Waals surface area contributed by atoms with Crippen LogP contribution in [0.1, 0.15) is 19.4 Å². The largest absolute Gasteiger partial charge is 0.491 e. The third-order valence-electron chi connectivity index (χ3n) is 3.46. The maximum atomic E-state index is 12.5. The highest BCUT2D eigenvalue weighted by molar-refractivity contribution is 7.89. The Morgan fingerprint density at radius 3 is 2.45 bits per heavy atom. The van der Waals surface area contributed by atoms with Crippen LogP contribution in [0.2, 0.25) is 0 Å². The van der Waals surface area contributed by atoms with Gasteiger partial charge in [-0.05, 0) is 44.5 Å². The Balaban J connectivity index is 2.26. The zero-order chi connectivity index (χ0) is 14.9. The molecule has 1 aliphatic heterocycles. The Morgan fingerprint density at radius 1 is 1.35 bits per heavy atom. The molecule has 0 amide bonds. The Hall–Kier alpha value is -1.11. The van der Waals surface area contributed by atoms with Gasteiger partial charge in [-0.15, -0.1) is 0 Å². The van der Waals surface area contributed by atoms with Crippen LogP contribution in [0, 0.1) is 6.92 Å². The topological polar surface area (TPSA) is 58.6 Å². The second-order valence-corrected chi connectivity index (χ2v) is 7.42. The van der Waals surface area contributed by atoms with Gasteiger partial charge in [0.05, 0.1) is 11.0 Å². The summed E-state index contributed by atoms with van der Waals surface area (Å²) in [7, 11) is -1.80. The van der Waals surface area contributed by atoms with Crippen LogP contribution in [0.15, 0.2) is 23.1 Å². The van der Waals surface area contributed by atoms with E-state index in [2.05, 4.69) is 5.32 Å². The van der Waals surface area contributed by atoms with Gasteiger partial charge >= 0.3 is 0 Å². The third-order valence-corrected chi connectivity index (χ3v) is 5.37. The highest BCUT2D eigenvalue weighted by atomic mass is 32.2. The number of benzene rings is 1. The zero-order valence-electron chi connectivity index (χ0n) is 12.4. The summed E-state index contributed by atoms with van der Waals surface area (Å²) in [4.78, 5) is 0.320. The normalized spacial score (nSPS) is 16.5. The van der Waals surface area contributed by atoms with Crippen molar-refractivity contribution in [3.05, 3.63) is 23.8 Å². The number of hydrogen-bond donors (Lipinski definition) is 1. The van der Waals surface area contributed by atoms with Crippen LogP contribution in [0.3, 0.4) is 0 Å². The van der Waals surface area contributed by atoms with Crippen molar-refractivity contribution >= 4 is 10.0 Å². The molecule has 6 heteroatoms. The average Bonchev–Trinajstić information content (AvgIpc) is 2.28. The van der Waals surface area contributed by atoms with Crippen molar-refractivity contribution in [3.8, 4) is 5.75 Å². The summed E-state index contributed by atoms with van der Waals surface area (Å²) in [5, 5.41) is 3.08. The summed E-state index contributed by atoms with van der Waals surface area (Å²) >= 11 is 0. The van der Waals surface area contributed by atoms with E-state index in [-0.39, 0.29) is 12.1 Å². The Morgan fingerprint density at radius 2 is 2.00 bits per heavy atom. The zero-order valence-corrected chi connectivity index (χ0v) is 13.2. The first-order valence-electron chi connectivity index (χ1n) is 6.78. The maximum Gasteiger partial charge on any atom is 0.243 e. The van der Waals surface area contributed by atoms with Gasteiger partial charge in [0.25, 0.3) is 0 Å². The first-order valence-corrected chi connectivity index (χ1v) is 8.22. The number of hydrogen-bond acceptors (Lipinski definition) is 4. The minimum atomic E-state index is -3.43. The molecule has 1 aliphatic rings. The van der Waals surface area contributed by atoms with Gasteiger partial charge in [0.15, 0.2) is 0 Å². The molecule has 0 atom stereocenters. The molecule has 0 saturated carbocycles. The molecule has 112 valence electrons. The van der Waals surface area contributed by atoms with Gasteiger partial charge in [-0.25, -0.2) is 8.42 Å². The van der Waals surface area contributed by atoms with Crippen LogP contribution in [-0.4, -0.2) is 45.0 Å². The second kappa shape index (κ2) is 5.71. The van der Waals surface area contributed by atoms with E-state index in [4.69, 9.17) is 4.74 Å². The van der Waals surface area contributed by atoms with Crippen LogP contribution < -0.4 is 10.1 Å². The minimum Gasteiger partial charge on any atom is -0.491 e. The van der Waals surface area contributed by atoms with E-state index in [0.29, 0.717) is 18.0 Å². The van der Waals surface area contributed by atoms with E-state index >= 15 is 0 Å². The number of aryl methyl sites for hydroxylation is 1. The monoisotopic (exact) mass is 298 g/mol. The van der Waals surface area contributed by atoms with E-state index in [0.717, 1.165) is 11.3 Å². The summed E-state index contributed by atoms with van der Waals surface area (Å²) in [5.74, 6) is 0.729. The van der Waals surface area contributed by atoms with Gasteiger partial charge in [0.1, 0.15) is 5.75 Å². The molecule has 0 spiro atoms. The van der Waals surface area contributed by atoms with E-state index in [9.17, 15) is 8.42 Å². The first kappa shape index (κ1) is 15.3. The fourth-order valence-electron chi connectivity index (χ4n) is 2.06. The van der Waals surface area contributed by atoms with Crippen LogP contribution in [0.4, 0.5) is 0 Å². The fraction of sp³-hybridized carbons (Fsp3) is 0.571. The molecule has 20 heavy (non-hydrogen) atoms.